The summed E-state index contributed by atoms with van der Waals surface area (Å²) >= 11 is 6.11. The number of nitrogens with one attached hydrogen (secondary N) is 2. The molecule has 0 spiro atoms. The van der Waals surface area contributed by atoms with Gasteiger partial charge in [-0.3, -0.25) is 4.79 Å². The highest BCUT2D eigenvalue weighted by atomic mass is 35.5. The van der Waals surface area contributed by atoms with E-state index in [0.717, 1.165) is 22.3 Å². The second kappa shape index (κ2) is 11.3. The predicted octanol–water partition coefficient (Wildman–Crippen LogP) is 6.64. The number of halogens is 5. The smallest absolute Gasteiger partial charge is 0.382 e. The van der Waals surface area contributed by atoms with Crippen molar-refractivity contribution >= 4 is 49.9 Å². The van der Waals surface area contributed by atoms with Crippen molar-refractivity contribution in [3.63, 3.8) is 0 Å². The van der Waals surface area contributed by atoms with E-state index in [0.29, 0.717) is 25.9 Å². The van der Waals surface area contributed by atoms with Crippen molar-refractivity contribution in [2.45, 2.75) is 24.4 Å². The van der Waals surface area contributed by atoms with Gasteiger partial charge in [-0.15, -0.1) is 0 Å². The van der Waals surface area contributed by atoms with Crippen molar-refractivity contribution in [1.82, 2.24) is 9.29 Å². The van der Waals surface area contributed by atoms with E-state index in [1.165, 1.54) is 18.2 Å². The fourth-order valence-corrected chi connectivity index (χ4v) is 5.95. The first-order valence-electron chi connectivity index (χ1n) is 12.6. The van der Waals surface area contributed by atoms with Gasteiger partial charge in [0.1, 0.15) is 5.82 Å². The first-order chi connectivity index (χ1) is 19.4. The molecule has 0 radical (unpaired) electrons. The summed E-state index contributed by atoms with van der Waals surface area (Å²) in [5, 5.41) is 4.46. The SMILES string of the molecule is O=c1cc(NC2CCN(S(=O)(=O)C(F)(F)F)CC2)c2cc(/C(=C/c3ccc(F)cc3)c3ccc(Cl)cc3)ccc2[nH]1. The maximum Gasteiger partial charge on any atom is 0.511 e. The maximum absolute atomic E-state index is 13.5. The van der Waals surface area contributed by atoms with Gasteiger partial charge in [-0.05, 0) is 77.6 Å². The van der Waals surface area contributed by atoms with Crippen LogP contribution in [0.1, 0.15) is 29.5 Å². The second-order valence-corrected chi connectivity index (χ2v) is 12.1. The lowest BCUT2D eigenvalue weighted by atomic mass is 9.94. The predicted molar refractivity (Wildman–Crippen MR) is 153 cm³/mol. The zero-order valence-corrected chi connectivity index (χ0v) is 23.0. The maximum atomic E-state index is 13.5. The number of pyridine rings is 1. The number of fused-ring (bicyclic) bond motifs is 1. The van der Waals surface area contributed by atoms with Crippen LogP contribution >= 0.6 is 11.6 Å². The normalized spacial score (nSPS) is 15.8. The van der Waals surface area contributed by atoms with Crippen LogP contribution < -0.4 is 10.9 Å². The molecule has 0 aliphatic carbocycles. The Morgan fingerprint density at radius 2 is 1.59 bits per heavy atom. The summed E-state index contributed by atoms with van der Waals surface area (Å²) in [5.41, 5.74) is -1.52. The van der Waals surface area contributed by atoms with Gasteiger partial charge >= 0.3 is 15.5 Å². The third kappa shape index (κ3) is 6.32. The summed E-state index contributed by atoms with van der Waals surface area (Å²) in [7, 11) is -5.39. The van der Waals surface area contributed by atoms with E-state index in [1.807, 2.05) is 30.3 Å². The first kappa shape index (κ1) is 28.8. The Balaban J connectivity index is 1.50. The molecular weight excluding hydrogens is 582 g/mol. The lowest BCUT2D eigenvalue weighted by molar-refractivity contribution is -0.0494. The molecule has 2 heterocycles. The van der Waals surface area contributed by atoms with Gasteiger partial charge < -0.3 is 10.3 Å². The Morgan fingerprint density at radius 1 is 0.951 bits per heavy atom. The quantitative estimate of drug-likeness (QED) is 0.191. The molecule has 2 N–H and O–H groups in total. The molecule has 214 valence electrons. The van der Waals surface area contributed by atoms with E-state index in [4.69, 9.17) is 11.6 Å². The molecule has 1 aliphatic heterocycles. The third-order valence-electron chi connectivity index (χ3n) is 6.94. The van der Waals surface area contributed by atoms with Crippen LogP contribution in [0.25, 0.3) is 22.6 Å². The summed E-state index contributed by atoms with van der Waals surface area (Å²) in [4.78, 5) is 15.2. The van der Waals surface area contributed by atoms with Crippen LogP contribution in [0.2, 0.25) is 5.02 Å². The monoisotopic (exact) mass is 605 g/mol. The number of rotatable bonds is 6. The summed E-state index contributed by atoms with van der Waals surface area (Å²) in [6, 6.07) is 19.8. The summed E-state index contributed by atoms with van der Waals surface area (Å²) in [5.74, 6) is -0.359. The first-order valence-corrected chi connectivity index (χ1v) is 14.5. The molecule has 5 rings (SSSR count). The molecule has 0 unspecified atom stereocenters. The highest BCUT2D eigenvalue weighted by Gasteiger charge is 2.50. The molecule has 41 heavy (non-hydrogen) atoms. The van der Waals surface area contributed by atoms with E-state index in [1.54, 1.807) is 30.3 Å². The lowest BCUT2D eigenvalue weighted by Crippen LogP contribution is -2.47. The molecule has 4 aromatic rings. The molecular formula is C29H24ClF4N3O3S. The van der Waals surface area contributed by atoms with Crippen molar-refractivity contribution in [2.24, 2.45) is 0 Å². The number of nitrogens with zero attached hydrogens (tertiary/aromatic N) is 1. The molecule has 1 aromatic heterocycles. The van der Waals surface area contributed by atoms with Crippen LogP contribution in [0.15, 0.2) is 77.6 Å². The highest BCUT2D eigenvalue weighted by molar-refractivity contribution is 7.90. The van der Waals surface area contributed by atoms with Gasteiger partial charge in [-0.2, -0.15) is 17.5 Å². The number of piperidine rings is 1. The van der Waals surface area contributed by atoms with E-state index in [2.05, 4.69) is 10.3 Å². The minimum absolute atomic E-state index is 0.129. The Kier molecular flexibility index (Phi) is 7.95. The van der Waals surface area contributed by atoms with Gasteiger partial charge in [0.25, 0.3) is 0 Å². The summed E-state index contributed by atoms with van der Waals surface area (Å²) in [6.45, 7) is -0.597. The van der Waals surface area contributed by atoms with Crippen molar-refractivity contribution < 1.29 is 26.0 Å². The van der Waals surface area contributed by atoms with Crippen LogP contribution in [-0.2, 0) is 10.0 Å². The average Bonchev–Trinajstić information content (AvgIpc) is 2.93. The number of hydrogen-bond donors (Lipinski definition) is 2. The van der Waals surface area contributed by atoms with Crippen molar-refractivity contribution in [1.29, 1.82) is 0 Å². The van der Waals surface area contributed by atoms with Crippen molar-refractivity contribution in [3.05, 3.63) is 111 Å². The Bertz CT molecular complexity index is 1760. The number of sulfonamides is 1. The van der Waals surface area contributed by atoms with E-state index in [9.17, 15) is 30.8 Å². The lowest BCUT2D eigenvalue weighted by Gasteiger charge is -2.32. The number of aromatic amines is 1. The van der Waals surface area contributed by atoms with E-state index >= 15 is 0 Å². The Morgan fingerprint density at radius 3 is 2.22 bits per heavy atom. The zero-order valence-electron chi connectivity index (χ0n) is 21.4. The molecule has 0 saturated carbocycles. The van der Waals surface area contributed by atoms with Gasteiger partial charge in [-0.25, -0.2) is 12.8 Å². The molecule has 12 heteroatoms. The van der Waals surface area contributed by atoms with Gasteiger partial charge in [0.15, 0.2) is 0 Å². The highest BCUT2D eigenvalue weighted by Crippen LogP contribution is 2.33. The molecule has 6 nitrogen and oxygen atoms in total. The van der Waals surface area contributed by atoms with Crippen LogP contribution in [0.4, 0.5) is 23.2 Å². The van der Waals surface area contributed by atoms with Crippen LogP contribution in [-0.4, -0.2) is 42.3 Å². The van der Waals surface area contributed by atoms with Crippen LogP contribution in [0.5, 0.6) is 0 Å². The second-order valence-electron chi connectivity index (χ2n) is 9.69. The number of benzene rings is 3. The average molecular weight is 606 g/mol. The standard InChI is InChI=1S/C29H24ClF4N3O3S/c30-21-6-3-19(4-7-21)24(15-18-1-8-22(31)9-2-18)20-5-10-26-25(16-20)27(17-28(38)36-26)35-23-11-13-37(14-12-23)41(39,40)29(32,33)34/h1-10,15-17,23H,11-14H2,(H2,35,36,38)/b24-15+. The minimum Gasteiger partial charge on any atom is -0.382 e. The third-order valence-corrected chi connectivity index (χ3v) is 8.82. The Labute approximate surface area is 238 Å². The van der Waals surface area contributed by atoms with Crippen molar-refractivity contribution in [3.8, 4) is 0 Å². The number of aromatic nitrogens is 1. The molecule has 0 atom stereocenters. The van der Waals surface area contributed by atoms with Crippen LogP contribution in [0.3, 0.4) is 0 Å². The number of alkyl halides is 3. The van der Waals surface area contributed by atoms with Gasteiger partial charge in [0.05, 0.1) is 5.52 Å². The van der Waals surface area contributed by atoms with E-state index in [-0.39, 0.29) is 43.3 Å². The topological polar surface area (TPSA) is 82.3 Å². The number of hydrogen-bond acceptors (Lipinski definition) is 4. The zero-order chi connectivity index (χ0) is 29.4. The fourth-order valence-electron chi connectivity index (χ4n) is 4.84. The minimum atomic E-state index is -5.39. The summed E-state index contributed by atoms with van der Waals surface area (Å²) in [6.07, 6.45) is 2.16. The van der Waals surface area contributed by atoms with Gasteiger partial charge in [-0.1, -0.05) is 41.9 Å². The van der Waals surface area contributed by atoms with Crippen LogP contribution in [0, 0.1) is 5.82 Å². The molecule has 1 aliphatic rings. The van der Waals surface area contributed by atoms with Gasteiger partial charge in [0.2, 0.25) is 5.56 Å². The number of H-pyrrole nitrogens is 1. The van der Waals surface area contributed by atoms with Gasteiger partial charge in [0, 0.05) is 41.3 Å². The largest absolute Gasteiger partial charge is 0.511 e. The van der Waals surface area contributed by atoms with Crippen molar-refractivity contribution in [2.75, 3.05) is 18.4 Å². The molecule has 1 fully saturated rings. The van der Waals surface area contributed by atoms with E-state index < -0.39 is 15.5 Å². The molecule has 0 bridgehead atoms. The number of anilines is 1. The molecule has 0 amide bonds. The fraction of sp³-hybridized carbons (Fsp3) is 0.207. The summed E-state index contributed by atoms with van der Waals surface area (Å²) < 4.78 is 76.4. The Hall–Kier alpha value is -3.67. The molecule has 1 saturated heterocycles. The molecule has 3 aromatic carbocycles.